The average molecular weight is 216 g/mol. The van der Waals surface area contributed by atoms with Crippen LogP contribution in [0, 0.1) is 6.92 Å². The Morgan fingerprint density at radius 2 is 2.06 bits per heavy atom. The second-order valence-electron chi connectivity index (χ2n) is 3.52. The Morgan fingerprint density at radius 3 is 2.62 bits per heavy atom. The molecule has 0 aliphatic carbocycles. The summed E-state index contributed by atoms with van der Waals surface area (Å²) in [6.07, 6.45) is 1.54. The van der Waals surface area contributed by atoms with Crippen LogP contribution < -0.4 is 11.5 Å². The predicted octanol–water partition coefficient (Wildman–Crippen LogP) is 0.862. The Kier molecular flexibility index (Phi) is 2.36. The molecule has 5 heteroatoms. The van der Waals surface area contributed by atoms with Crippen molar-refractivity contribution in [2.24, 2.45) is 5.73 Å². The normalized spacial score (nSPS) is 10.3. The third-order valence-electron chi connectivity index (χ3n) is 2.37. The van der Waals surface area contributed by atoms with Gasteiger partial charge in [-0.3, -0.25) is 4.79 Å². The summed E-state index contributed by atoms with van der Waals surface area (Å²) in [6.45, 7) is 1.96. The minimum atomic E-state index is -0.572. The molecule has 0 aliphatic rings. The summed E-state index contributed by atoms with van der Waals surface area (Å²) < 4.78 is 1.56. The number of nitrogens with two attached hydrogens (primary N) is 2. The van der Waals surface area contributed by atoms with E-state index in [0.29, 0.717) is 0 Å². The smallest absolute Gasteiger partial charge is 0.254 e. The first-order chi connectivity index (χ1) is 7.59. The lowest BCUT2D eigenvalue weighted by Gasteiger charge is -2.03. The Balaban J connectivity index is 2.54. The Labute approximate surface area is 92.7 Å². The van der Waals surface area contributed by atoms with Crippen LogP contribution >= 0.6 is 0 Å². The van der Waals surface area contributed by atoms with Gasteiger partial charge in [-0.1, -0.05) is 18.2 Å². The summed E-state index contributed by atoms with van der Waals surface area (Å²) in [7, 11) is 0. The van der Waals surface area contributed by atoms with Gasteiger partial charge in [-0.25, -0.2) is 4.68 Å². The minimum Gasteiger partial charge on any atom is -0.382 e. The van der Waals surface area contributed by atoms with Crippen LogP contribution in [0.25, 0.3) is 5.69 Å². The molecule has 4 N–H and O–H groups in total. The van der Waals surface area contributed by atoms with Crippen molar-refractivity contribution in [2.75, 3.05) is 5.73 Å². The van der Waals surface area contributed by atoms with E-state index in [0.717, 1.165) is 11.3 Å². The number of nitrogen functional groups attached to an aromatic ring is 1. The molecule has 0 saturated heterocycles. The molecule has 1 heterocycles. The van der Waals surface area contributed by atoms with Crippen LogP contribution in [0.2, 0.25) is 0 Å². The molecular formula is C11H12N4O. The monoisotopic (exact) mass is 216 g/mol. The van der Waals surface area contributed by atoms with Crippen molar-refractivity contribution < 1.29 is 4.79 Å². The molecule has 0 aliphatic heterocycles. The van der Waals surface area contributed by atoms with Gasteiger partial charge in [0.25, 0.3) is 5.91 Å². The SMILES string of the molecule is Cc1ccccc1-n1cc(C(N)=O)c(N)n1. The molecule has 0 radical (unpaired) electrons. The van der Waals surface area contributed by atoms with E-state index in [4.69, 9.17) is 11.5 Å². The number of carbonyl (C=O) groups is 1. The van der Waals surface area contributed by atoms with E-state index in [9.17, 15) is 4.79 Å². The Morgan fingerprint density at radius 1 is 1.38 bits per heavy atom. The van der Waals surface area contributed by atoms with Gasteiger partial charge < -0.3 is 11.5 Å². The summed E-state index contributed by atoms with van der Waals surface area (Å²) in [5, 5.41) is 4.06. The van der Waals surface area contributed by atoms with E-state index in [1.54, 1.807) is 10.9 Å². The zero-order valence-corrected chi connectivity index (χ0v) is 8.84. The number of carbonyl (C=O) groups excluding carboxylic acids is 1. The van der Waals surface area contributed by atoms with E-state index in [-0.39, 0.29) is 11.4 Å². The maximum Gasteiger partial charge on any atom is 0.254 e. The first-order valence-electron chi connectivity index (χ1n) is 4.80. The maximum absolute atomic E-state index is 11.0. The molecule has 2 aromatic rings. The number of benzene rings is 1. The van der Waals surface area contributed by atoms with E-state index in [2.05, 4.69) is 5.10 Å². The van der Waals surface area contributed by atoms with E-state index < -0.39 is 5.91 Å². The zero-order valence-electron chi connectivity index (χ0n) is 8.84. The third-order valence-corrected chi connectivity index (χ3v) is 2.37. The number of hydrogen-bond donors (Lipinski definition) is 2. The molecule has 0 saturated carbocycles. The number of amides is 1. The lowest BCUT2D eigenvalue weighted by atomic mass is 10.2. The summed E-state index contributed by atoms with van der Waals surface area (Å²) in [5.74, 6) is -0.423. The van der Waals surface area contributed by atoms with Crippen LogP contribution in [-0.4, -0.2) is 15.7 Å². The molecular weight excluding hydrogens is 204 g/mol. The van der Waals surface area contributed by atoms with Crippen molar-refractivity contribution in [3.05, 3.63) is 41.6 Å². The number of aryl methyl sites for hydroxylation is 1. The van der Waals surface area contributed by atoms with Crippen molar-refractivity contribution in [3.63, 3.8) is 0 Å². The van der Waals surface area contributed by atoms with Crippen LogP contribution in [0.1, 0.15) is 15.9 Å². The highest BCUT2D eigenvalue weighted by atomic mass is 16.1. The number of anilines is 1. The second kappa shape index (κ2) is 3.69. The van der Waals surface area contributed by atoms with Gasteiger partial charge in [0.2, 0.25) is 0 Å². The van der Waals surface area contributed by atoms with Gasteiger partial charge in [-0.05, 0) is 18.6 Å². The van der Waals surface area contributed by atoms with Gasteiger partial charge in [-0.2, -0.15) is 0 Å². The van der Waals surface area contributed by atoms with Crippen molar-refractivity contribution in [1.82, 2.24) is 9.78 Å². The summed E-state index contributed by atoms with van der Waals surface area (Å²) in [6, 6.07) is 7.68. The first kappa shape index (κ1) is 10.2. The van der Waals surface area contributed by atoms with Crippen molar-refractivity contribution in [2.45, 2.75) is 6.92 Å². The number of para-hydroxylation sites is 1. The fraction of sp³-hybridized carbons (Fsp3) is 0.0909. The molecule has 16 heavy (non-hydrogen) atoms. The number of hydrogen-bond acceptors (Lipinski definition) is 3. The number of aromatic nitrogens is 2. The Hall–Kier alpha value is -2.30. The fourth-order valence-corrected chi connectivity index (χ4v) is 1.52. The largest absolute Gasteiger partial charge is 0.382 e. The van der Waals surface area contributed by atoms with Gasteiger partial charge in [0.15, 0.2) is 5.82 Å². The lowest BCUT2D eigenvalue weighted by molar-refractivity contribution is 0.100. The second-order valence-corrected chi connectivity index (χ2v) is 3.52. The van der Waals surface area contributed by atoms with Crippen molar-refractivity contribution in [3.8, 4) is 5.69 Å². The van der Waals surface area contributed by atoms with Crippen molar-refractivity contribution >= 4 is 11.7 Å². The molecule has 0 spiro atoms. The molecule has 0 bridgehead atoms. The summed E-state index contributed by atoms with van der Waals surface area (Å²) in [4.78, 5) is 11.0. The lowest BCUT2D eigenvalue weighted by Crippen LogP contribution is -2.11. The van der Waals surface area contributed by atoms with E-state index in [1.165, 1.54) is 0 Å². The van der Waals surface area contributed by atoms with Crippen LogP contribution in [0.15, 0.2) is 30.5 Å². The molecule has 5 nitrogen and oxygen atoms in total. The number of primary amides is 1. The minimum absolute atomic E-state index is 0.149. The fourth-order valence-electron chi connectivity index (χ4n) is 1.52. The number of rotatable bonds is 2. The van der Waals surface area contributed by atoms with Crippen LogP contribution in [0.3, 0.4) is 0 Å². The first-order valence-corrected chi connectivity index (χ1v) is 4.80. The molecule has 2 rings (SSSR count). The van der Waals surface area contributed by atoms with Crippen molar-refractivity contribution in [1.29, 1.82) is 0 Å². The molecule has 1 aromatic heterocycles. The van der Waals surface area contributed by atoms with Gasteiger partial charge in [-0.15, -0.1) is 5.10 Å². The highest BCUT2D eigenvalue weighted by Gasteiger charge is 2.12. The molecule has 0 unspecified atom stereocenters. The van der Waals surface area contributed by atoms with Crippen LogP contribution in [-0.2, 0) is 0 Å². The highest BCUT2D eigenvalue weighted by Crippen LogP contribution is 2.16. The highest BCUT2D eigenvalue weighted by molar-refractivity contribution is 5.97. The third kappa shape index (κ3) is 1.63. The average Bonchev–Trinajstić information content (AvgIpc) is 2.61. The quantitative estimate of drug-likeness (QED) is 0.780. The van der Waals surface area contributed by atoms with Gasteiger partial charge in [0.05, 0.1) is 5.69 Å². The molecule has 1 amide bonds. The van der Waals surface area contributed by atoms with Gasteiger partial charge in [0, 0.05) is 6.20 Å². The van der Waals surface area contributed by atoms with Crippen LogP contribution in [0.4, 0.5) is 5.82 Å². The molecule has 0 fully saturated rings. The Bertz CT molecular complexity index is 545. The molecule has 0 atom stereocenters. The van der Waals surface area contributed by atoms with Gasteiger partial charge >= 0.3 is 0 Å². The van der Waals surface area contributed by atoms with Crippen LogP contribution in [0.5, 0.6) is 0 Å². The molecule has 82 valence electrons. The standard InChI is InChI=1S/C11H12N4O/c1-7-4-2-3-5-9(7)15-6-8(11(13)16)10(12)14-15/h2-6H,1H3,(H2,12,14)(H2,13,16). The summed E-state index contributed by atoms with van der Waals surface area (Å²) in [5.41, 5.74) is 12.9. The topological polar surface area (TPSA) is 86.9 Å². The van der Waals surface area contributed by atoms with E-state index in [1.807, 2.05) is 31.2 Å². The molecule has 1 aromatic carbocycles. The number of nitrogens with zero attached hydrogens (tertiary/aromatic N) is 2. The zero-order chi connectivity index (χ0) is 11.7. The summed E-state index contributed by atoms with van der Waals surface area (Å²) >= 11 is 0. The maximum atomic E-state index is 11.0. The van der Waals surface area contributed by atoms with E-state index >= 15 is 0 Å². The predicted molar refractivity (Wildman–Crippen MR) is 61.2 cm³/mol. The van der Waals surface area contributed by atoms with Gasteiger partial charge in [0.1, 0.15) is 5.56 Å².